The van der Waals surface area contributed by atoms with E-state index in [2.05, 4.69) is 21.2 Å². The van der Waals surface area contributed by atoms with Gasteiger partial charge in [-0.3, -0.25) is 14.9 Å². The minimum Gasteiger partial charge on any atom is -0.348 e. The summed E-state index contributed by atoms with van der Waals surface area (Å²) in [6.07, 6.45) is 0. The fourth-order valence-electron chi connectivity index (χ4n) is 1.68. The highest BCUT2D eigenvalue weighted by Gasteiger charge is 2.14. The molecule has 0 aliphatic rings. The number of non-ortho nitro benzene ring substituents is 1. The molecule has 108 valence electrons. The van der Waals surface area contributed by atoms with Crippen LogP contribution in [0.4, 0.5) is 5.69 Å². The molecular weight excluding hydrogens is 360 g/mol. The second-order valence-electron chi connectivity index (χ2n) is 4.23. The maximum absolute atomic E-state index is 12.0. The Morgan fingerprint density at radius 3 is 2.48 bits per heavy atom. The highest BCUT2D eigenvalue weighted by molar-refractivity contribution is 9.10. The summed E-state index contributed by atoms with van der Waals surface area (Å²) in [5, 5.41) is 13.4. The van der Waals surface area contributed by atoms with Crippen LogP contribution in [0, 0.1) is 10.1 Å². The molecule has 2 aromatic carbocycles. The topological polar surface area (TPSA) is 72.2 Å². The SMILES string of the molecule is O=C(NCc1ccc(Br)cc1)c1ccc([N+](=O)[O-])cc1Cl. The first-order valence-electron chi connectivity index (χ1n) is 5.94. The Kier molecular flexibility index (Phi) is 4.93. The van der Waals surface area contributed by atoms with Crippen LogP contribution in [-0.2, 0) is 6.54 Å². The number of halogens is 2. The summed E-state index contributed by atoms with van der Waals surface area (Å²) in [4.78, 5) is 22.1. The number of amides is 1. The van der Waals surface area contributed by atoms with Crippen molar-refractivity contribution in [3.05, 3.63) is 73.2 Å². The third-order valence-electron chi connectivity index (χ3n) is 2.77. The summed E-state index contributed by atoms with van der Waals surface area (Å²) in [5.41, 5.74) is 0.994. The number of nitrogens with zero attached hydrogens (tertiary/aromatic N) is 1. The number of carbonyl (C=O) groups excluding carboxylic acids is 1. The first kappa shape index (κ1) is 15.5. The van der Waals surface area contributed by atoms with E-state index < -0.39 is 4.92 Å². The van der Waals surface area contributed by atoms with Crippen molar-refractivity contribution in [3.8, 4) is 0 Å². The van der Waals surface area contributed by atoms with Gasteiger partial charge in [0.15, 0.2) is 0 Å². The largest absolute Gasteiger partial charge is 0.348 e. The van der Waals surface area contributed by atoms with Gasteiger partial charge >= 0.3 is 0 Å². The molecule has 1 amide bonds. The number of hydrogen-bond acceptors (Lipinski definition) is 3. The molecule has 0 saturated carbocycles. The predicted molar refractivity (Wildman–Crippen MR) is 83.4 cm³/mol. The molecule has 7 heteroatoms. The smallest absolute Gasteiger partial charge is 0.270 e. The van der Waals surface area contributed by atoms with Crippen molar-refractivity contribution in [2.45, 2.75) is 6.54 Å². The van der Waals surface area contributed by atoms with Crippen LogP contribution in [0.1, 0.15) is 15.9 Å². The van der Waals surface area contributed by atoms with Gasteiger partial charge in [0.25, 0.3) is 11.6 Å². The Hall–Kier alpha value is -1.92. The Bertz CT molecular complexity index is 689. The summed E-state index contributed by atoms with van der Waals surface area (Å²) in [6.45, 7) is 0.347. The first-order chi connectivity index (χ1) is 9.97. The van der Waals surface area contributed by atoms with Crippen molar-refractivity contribution in [2.24, 2.45) is 0 Å². The molecule has 0 aliphatic heterocycles. The molecule has 0 spiro atoms. The quantitative estimate of drug-likeness (QED) is 0.655. The second-order valence-corrected chi connectivity index (χ2v) is 5.55. The van der Waals surface area contributed by atoms with Crippen molar-refractivity contribution in [1.82, 2.24) is 5.32 Å². The fraction of sp³-hybridized carbons (Fsp3) is 0.0714. The molecule has 0 atom stereocenters. The van der Waals surface area contributed by atoms with Gasteiger partial charge in [-0.05, 0) is 23.8 Å². The molecule has 2 rings (SSSR count). The van der Waals surface area contributed by atoms with Gasteiger partial charge in [0.1, 0.15) is 0 Å². The van der Waals surface area contributed by atoms with Crippen LogP contribution < -0.4 is 5.32 Å². The zero-order chi connectivity index (χ0) is 15.4. The Balaban J connectivity index is 2.06. The number of nitrogens with one attached hydrogen (secondary N) is 1. The van der Waals surface area contributed by atoms with Gasteiger partial charge in [-0.1, -0.05) is 39.7 Å². The van der Waals surface area contributed by atoms with Gasteiger partial charge in [-0.25, -0.2) is 0 Å². The van der Waals surface area contributed by atoms with Crippen molar-refractivity contribution in [3.63, 3.8) is 0 Å². The minimum absolute atomic E-state index is 0.0532. The molecule has 0 radical (unpaired) electrons. The molecule has 0 aromatic heterocycles. The Labute approximate surface area is 134 Å². The van der Waals surface area contributed by atoms with Crippen LogP contribution in [0.5, 0.6) is 0 Å². The molecule has 0 aliphatic carbocycles. The standard InChI is InChI=1S/C14H10BrClN2O3/c15-10-3-1-9(2-4-10)8-17-14(19)12-6-5-11(18(20)21)7-13(12)16/h1-7H,8H2,(H,17,19). The summed E-state index contributed by atoms with van der Waals surface area (Å²) in [5.74, 6) is -0.377. The van der Waals surface area contributed by atoms with Gasteiger partial charge in [-0.2, -0.15) is 0 Å². The van der Waals surface area contributed by atoms with Crippen LogP contribution in [0.3, 0.4) is 0 Å². The molecule has 1 N–H and O–H groups in total. The van der Waals surface area contributed by atoms with E-state index in [0.717, 1.165) is 16.1 Å². The van der Waals surface area contributed by atoms with Crippen LogP contribution in [-0.4, -0.2) is 10.8 Å². The minimum atomic E-state index is -0.560. The van der Waals surface area contributed by atoms with Crippen LogP contribution in [0.15, 0.2) is 46.9 Å². The van der Waals surface area contributed by atoms with E-state index >= 15 is 0 Å². The van der Waals surface area contributed by atoms with Crippen LogP contribution in [0.25, 0.3) is 0 Å². The average molecular weight is 370 g/mol. The van der Waals surface area contributed by atoms with Gasteiger partial charge < -0.3 is 5.32 Å². The van der Waals surface area contributed by atoms with Gasteiger partial charge in [0, 0.05) is 23.2 Å². The number of nitro benzene ring substituents is 1. The fourth-order valence-corrected chi connectivity index (χ4v) is 2.21. The maximum Gasteiger partial charge on any atom is 0.270 e. The van der Waals surface area contributed by atoms with Crippen molar-refractivity contribution < 1.29 is 9.72 Å². The molecule has 0 fully saturated rings. The maximum atomic E-state index is 12.0. The second kappa shape index (κ2) is 6.69. The third kappa shape index (κ3) is 4.03. The number of rotatable bonds is 4. The molecule has 2 aromatic rings. The zero-order valence-corrected chi connectivity index (χ0v) is 13.0. The summed E-state index contributed by atoms with van der Waals surface area (Å²) in [7, 11) is 0. The third-order valence-corrected chi connectivity index (χ3v) is 3.62. The van der Waals surface area contributed by atoms with Crippen molar-refractivity contribution in [1.29, 1.82) is 0 Å². The predicted octanol–water partition coefficient (Wildman–Crippen LogP) is 3.94. The van der Waals surface area contributed by atoms with Crippen LogP contribution >= 0.6 is 27.5 Å². The van der Waals surface area contributed by atoms with Gasteiger partial charge in [0.2, 0.25) is 0 Å². The highest BCUT2D eigenvalue weighted by Crippen LogP contribution is 2.22. The molecule has 21 heavy (non-hydrogen) atoms. The van der Waals surface area contributed by atoms with Crippen molar-refractivity contribution >= 4 is 39.1 Å². The lowest BCUT2D eigenvalue weighted by atomic mass is 10.1. The van der Waals surface area contributed by atoms with Gasteiger partial charge in [0.05, 0.1) is 15.5 Å². The summed E-state index contributed by atoms with van der Waals surface area (Å²) in [6, 6.07) is 11.3. The van der Waals surface area contributed by atoms with E-state index in [1.54, 1.807) is 0 Å². The zero-order valence-electron chi connectivity index (χ0n) is 10.7. The Morgan fingerprint density at radius 2 is 1.90 bits per heavy atom. The van der Waals surface area contributed by atoms with Crippen molar-refractivity contribution in [2.75, 3.05) is 0 Å². The number of carbonyl (C=O) groups is 1. The van der Waals surface area contributed by atoms with Gasteiger partial charge in [-0.15, -0.1) is 0 Å². The van der Waals surface area contributed by atoms with Crippen LogP contribution in [0.2, 0.25) is 5.02 Å². The number of hydrogen-bond donors (Lipinski definition) is 1. The van der Waals surface area contributed by atoms with E-state index in [9.17, 15) is 14.9 Å². The molecule has 0 bridgehead atoms. The van der Waals surface area contributed by atoms with E-state index in [4.69, 9.17) is 11.6 Å². The van der Waals surface area contributed by atoms with E-state index in [1.807, 2.05) is 24.3 Å². The summed E-state index contributed by atoms with van der Waals surface area (Å²) >= 11 is 9.23. The number of benzene rings is 2. The lowest BCUT2D eigenvalue weighted by Gasteiger charge is -2.07. The molecule has 0 unspecified atom stereocenters. The number of nitro groups is 1. The first-order valence-corrected chi connectivity index (χ1v) is 7.11. The normalized spacial score (nSPS) is 10.2. The molecule has 0 heterocycles. The lowest BCUT2D eigenvalue weighted by Crippen LogP contribution is -2.23. The van der Waals surface area contributed by atoms with E-state index in [1.165, 1.54) is 12.1 Å². The highest BCUT2D eigenvalue weighted by atomic mass is 79.9. The Morgan fingerprint density at radius 1 is 1.24 bits per heavy atom. The monoisotopic (exact) mass is 368 g/mol. The molecule has 0 saturated heterocycles. The average Bonchev–Trinajstić information content (AvgIpc) is 2.46. The lowest BCUT2D eigenvalue weighted by molar-refractivity contribution is -0.384. The summed E-state index contributed by atoms with van der Waals surface area (Å²) < 4.78 is 0.955. The van der Waals surface area contributed by atoms with E-state index in [-0.39, 0.29) is 22.2 Å². The molecular formula is C14H10BrClN2O3. The van der Waals surface area contributed by atoms with E-state index in [0.29, 0.717) is 6.54 Å². The molecule has 5 nitrogen and oxygen atoms in total.